The topological polar surface area (TPSA) is 75.7 Å². The molecule has 7 heteroatoms. The van der Waals surface area contributed by atoms with Crippen LogP contribution in [0.5, 0.6) is 5.75 Å². The fourth-order valence-corrected chi connectivity index (χ4v) is 4.70. The summed E-state index contributed by atoms with van der Waals surface area (Å²) in [6.45, 7) is 5.87. The molecule has 29 heavy (non-hydrogen) atoms. The maximum absolute atomic E-state index is 12.8. The molecule has 1 N–H and O–H groups in total. The molecule has 2 aromatic rings. The number of hydrogen-bond acceptors (Lipinski definition) is 4. The van der Waals surface area contributed by atoms with Crippen LogP contribution in [-0.2, 0) is 10.0 Å². The van der Waals surface area contributed by atoms with Gasteiger partial charge in [0.25, 0.3) is 5.91 Å². The van der Waals surface area contributed by atoms with E-state index in [-0.39, 0.29) is 10.8 Å². The van der Waals surface area contributed by atoms with Gasteiger partial charge in [0.05, 0.1) is 11.5 Å². The Bertz CT molecular complexity index is 934. The lowest BCUT2D eigenvalue weighted by Gasteiger charge is -2.29. The minimum atomic E-state index is -3.49. The maximum Gasteiger partial charge on any atom is 0.255 e. The van der Waals surface area contributed by atoms with Crippen LogP contribution in [0.4, 0.5) is 5.69 Å². The van der Waals surface area contributed by atoms with Crippen molar-refractivity contribution in [3.8, 4) is 5.75 Å². The Morgan fingerprint density at radius 2 is 1.83 bits per heavy atom. The van der Waals surface area contributed by atoms with Crippen molar-refractivity contribution >= 4 is 21.6 Å². The van der Waals surface area contributed by atoms with E-state index in [9.17, 15) is 13.2 Å². The zero-order valence-electron chi connectivity index (χ0n) is 16.9. The summed E-state index contributed by atoms with van der Waals surface area (Å²) in [5.41, 5.74) is 1.03. The summed E-state index contributed by atoms with van der Waals surface area (Å²) in [6.07, 6.45) is 2.66. The summed E-state index contributed by atoms with van der Waals surface area (Å²) >= 11 is 0. The van der Waals surface area contributed by atoms with E-state index in [4.69, 9.17) is 4.74 Å². The lowest BCUT2D eigenvalue weighted by Crippen LogP contribution is -2.37. The Kier molecular flexibility index (Phi) is 6.92. The summed E-state index contributed by atoms with van der Waals surface area (Å²) in [5.74, 6) is 0.939. The van der Waals surface area contributed by atoms with Gasteiger partial charge in [-0.25, -0.2) is 8.42 Å². The fraction of sp³-hybridized carbons (Fsp3) is 0.409. The zero-order chi connectivity index (χ0) is 20.9. The number of amides is 1. The highest BCUT2D eigenvalue weighted by Crippen LogP contribution is 2.24. The number of benzene rings is 2. The third-order valence-electron chi connectivity index (χ3n) is 5.06. The van der Waals surface area contributed by atoms with Crippen molar-refractivity contribution in [3.63, 3.8) is 0 Å². The molecule has 1 aliphatic heterocycles. The van der Waals surface area contributed by atoms with Crippen molar-refractivity contribution in [2.45, 2.75) is 38.0 Å². The van der Waals surface area contributed by atoms with Crippen LogP contribution in [0.2, 0.25) is 0 Å². The molecule has 0 saturated carbocycles. The first-order chi connectivity index (χ1) is 13.9. The lowest BCUT2D eigenvalue weighted by atomic mass is 10.0. The third kappa shape index (κ3) is 5.36. The van der Waals surface area contributed by atoms with Crippen LogP contribution in [0.25, 0.3) is 0 Å². The van der Waals surface area contributed by atoms with Gasteiger partial charge in [-0.2, -0.15) is 4.31 Å². The Hall–Kier alpha value is -2.38. The van der Waals surface area contributed by atoms with Gasteiger partial charge in [0.2, 0.25) is 10.0 Å². The molecule has 0 aromatic heterocycles. The monoisotopic (exact) mass is 416 g/mol. The van der Waals surface area contributed by atoms with Crippen LogP contribution in [0.1, 0.15) is 43.5 Å². The van der Waals surface area contributed by atoms with Crippen LogP contribution in [-0.4, -0.2) is 38.3 Å². The van der Waals surface area contributed by atoms with Gasteiger partial charge in [-0.15, -0.1) is 0 Å². The highest BCUT2D eigenvalue weighted by atomic mass is 32.2. The van der Waals surface area contributed by atoms with Crippen molar-refractivity contribution in [2.75, 3.05) is 25.0 Å². The number of piperidine rings is 1. The number of nitrogens with one attached hydrogen (secondary N) is 1. The zero-order valence-corrected chi connectivity index (χ0v) is 17.7. The molecule has 3 rings (SSSR count). The number of rotatable bonds is 7. The number of carbonyl (C=O) groups excluding carboxylic acids is 1. The van der Waals surface area contributed by atoms with E-state index < -0.39 is 10.0 Å². The second-order valence-electron chi connectivity index (χ2n) is 7.44. The molecular weight excluding hydrogens is 388 g/mol. The van der Waals surface area contributed by atoms with Crippen molar-refractivity contribution in [1.82, 2.24) is 4.31 Å². The minimum absolute atomic E-state index is 0.250. The van der Waals surface area contributed by atoms with Gasteiger partial charge in [0, 0.05) is 24.3 Å². The Labute approximate surface area is 172 Å². The van der Waals surface area contributed by atoms with Crippen molar-refractivity contribution in [3.05, 3.63) is 54.1 Å². The van der Waals surface area contributed by atoms with Gasteiger partial charge >= 0.3 is 0 Å². The maximum atomic E-state index is 12.8. The van der Waals surface area contributed by atoms with Gasteiger partial charge in [-0.1, -0.05) is 19.9 Å². The number of anilines is 1. The van der Waals surface area contributed by atoms with E-state index in [2.05, 4.69) is 12.2 Å². The van der Waals surface area contributed by atoms with Gasteiger partial charge in [-0.05, 0) is 67.6 Å². The molecule has 0 spiro atoms. The summed E-state index contributed by atoms with van der Waals surface area (Å²) in [5, 5.41) is 2.80. The molecule has 0 bridgehead atoms. The highest BCUT2D eigenvalue weighted by Gasteiger charge is 2.27. The first kappa shape index (κ1) is 21.3. The molecule has 1 heterocycles. The Morgan fingerprint density at radius 1 is 1.14 bits per heavy atom. The molecule has 6 nitrogen and oxygen atoms in total. The molecule has 0 radical (unpaired) electrons. The summed E-state index contributed by atoms with van der Waals surface area (Å²) in [7, 11) is -3.49. The number of ether oxygens (including phenoxy) is 1. The number of carbonyl (C=O) groups is 1. The number of sulfonamides is 1. The molecule has 0 atom stereocenters. The van der Waals surface area contributed by atoms with E-state index in [0.717, 1.165) is 19.3 Å². The average Bonchev–Trinajstić information content (AvgIpc) is 2.73. The van der Waals surface area contributed by atoms with E-state index >= 15 is 0 Å². The molecule has 0 aliphatic carbocycles. The van der Waals surface area contributed by atoms with Crippen LogP contribution in [0, 0.1) is 5.92 Å². The van der Waals surface area contributed by atoms with Crippen LogP contribution in [0.3, 0.4) is 0 Å². The largest absolute Gasteiger partial charge is 0.494 e. The molecule has 1 saturated heterocycles. The standard InChI is InChI=1S/C22H28N2O4S/c1-3-15-28-20-6-4-5-18(16-20)22(25)23-19-7-9-21(10-8-19)29(26,27)24-13-11-17(2)12-14-24/h4-10,16-17H,3,11-15H2,1-2H3,(H,23,25). The second kappa shape index (κ2) is 9.41. The lowest BCUT2D eigenvalue weighted by molar-refractivity contribution is 0.102. The quantitative estimate of drug-likeness (QED) is 0.736. The molecule has 1 amide bonds. The predicted molar refractivity (Wildman–Crippen MR) is 114 cm³/mol. The average molecular weight is 417 g/mol. The SMILES string of the molecule is CCCOc1cccc(C(=O)Nc2ccc(S(=O)(=O)N3CCC(C)CC3)cc2)c1. The van der Waals surface area contributed by atoms with E-state index in [1.807, 2.05) is 13.0 Å². The first-order valence-corrected chi connectivity index (χ1v) is 11.5. The van der Waals surface area contributed by atoms with E-state index in [0.29, 0.717) is 42.6 Å². The van der Waals surface area contributed by atoms with Crippen LogP contribution < -0.4 is 10.1 Å². The van der Waals surface area contributed by atoms with Gasteiger partial charge in [0.15, 0.2) is 0 Å². The minimum Gasteiger partial charge on any atom is -0.494 e. The van der Waals surface area contributed by atoms with Gasteiger partial charge < -0.3 is 10.1 Å². The van der Waals surface area contributed by atoms with E-state index in [1.54, 1.807) is 46.8 Å². The second-order valence-corrected chi connectivity index (χ2v) is 9.38. The van der Waals surface area contributed by atoms with Crippen molar-refractivity contribution < 1.29 is 17.9 Å². The number of hydrogen-bond donors (Lipinski definition) is 1. The molecular formula is C22H28N2O4S. The molecule has 2 aromatic carbocycles. The summed E-state index contributed by atoms with van der Waals surface area (Å²) in [6, 6.07) is 13.3. The number of nitrogens with zero attached hydrogens (tertiary/aromatic N) is 1. The normalized spacial score (nSPS) is 15.8. The van der Waals surface area contributed by atoms with Gasteiger partial charge in [-0.3, -0.25) is 4.79 Å². The van der Waals surface area contributed by atoms with Crippen LogP contribution in [0.15, 0.2) is 53.4 Å². The smallest absolute Gasteiger partial charge is 0.255 e. The van der Waals surface area contributed by atoms with Crippen LogP contribution >= 0.6 is 0 Å². The fourth-order valence-electron chi connectivity index (χ4n) is 3.23. The first-order valence-electron chi connectivity index (χ1n) is 10.0. The summed E-state index contributed by atoms with van der Waals surface area (Å²) in [4.78, 5) is 12.8. The Morgan fingerprint density at radius 3 is 2.48 bits per heavy atom. The highest BCUT2D eigenvalue weighted by molar-refractivity contribution is 7.89. The molecule has 156 valence electrons. The molecule has 0 unspecified atom stereocenters. The van der Waals surface area contributed by atoms with E-state index in [1.165, 1.54) is 0 Å². The molecule has 1 fully saturated rings. The molecule has 1 aliphatic rings. The summed E-state index contributed by atoms with van der Waals surface area (Å²) < 4.78 is 32.7. The predicted octanol–water partition coefficient (Wildman–Crippen LogP) is 4.15. The van der Waals surface area contributed by atoms with Gasteiger partial charge in [0.1, 0.15) is 5.75 Å². The third-order valence-corrected chi connectivity index (χ3v) is 6.97. The van der Waals surface area contributed by atoms with Crippen molar-refractivity contribution in [1.29, 1.82) is 0 Å². The Balaban J connectivity index is 1.67. The van der Waals surface area contributed by atoms with Crippen molar-refractivity contribution in [2.24, 2.45) is 5.92 Å².